The van der Waals surface area contributed by atoms with Crippen molar-refractivity contribution in [1.29, 1.82) is 0 Å². The fourth-order valence-electron chi connectivity index (χ4n) is 2.92. The van der Waals surface area contributed by atoms with Crippen LogP contribution in [0, 0.1) is 6.42 Å². The zero-order chi connectivity index (χ0) is 18.7. The minimum absolute atomic E-state index is 0.116. The van der Waals surface area contributed by atoms with Crippen LogP contribution in [0.5, 0.6) is 0 Å². The molecule has 1 radical (unpaired) electrons. The summed E-state index contributed by atoms with van der Waals surface area (Å²) in [6.07, 6.45) is 3.02. The zero-order valence-electron chi connectivity index (χ0n) is 14.3. The summed E-state index contributed by atoms with van der Waals surface area (Å²) >= 11 is 0. The fourth-order valence-corrected chi connectivity index (χ4v) is 3.38. The molecule has 6 nitrogen and oxygen atoms in total. The highest BCUT2D eigenvalue weighted by molar-refractivity contribution is 7.89. The fraction of sp³-hybridized carbons (Fsp3) is 0.211. The van der Waals surface area contributed by atoms with Crippen molar-refractivity contribution in [3.05, 3.63) is 77.7 Å². The van der Waals surface area contributed by atoms with Crippen LogP contribution >= 0.6 is 0 Å². The second-order valence-corrected chi connectivity index (χ2v) is 7.99. The summed E-state index contributed by atoms with van der Waals surface area (Å²) in [7, 11) is -3.62. The van der Waals surface area contributed by atoms with Crippen molar-refractivity contribution >= 4 is 21.8 Å². The summed E-state index contributed by atoms with van der Waals surface area (Å²) in [6.45, 7) is 1.17. The standard InChI is InChI=1S/C19H19N2O4S/c1-26(24,25)20-18(22)15-7-9-16(10-8-15)19(23)21-12-11-17(13-21)14-5-3-2-4-6-14/h2-11,17H,12-13H2,1H3,(H,20,22). The summed E-state index contributed by atoms with van der Waals surface area (Å²) in [5.41, 5.74) is 1.82. The molecule has 135 valence electrons. The number of likely N-dealkylation sites (tertiary alicyclic amines) is 1. The van der Waals surface area contributed by atoms with Gasteiger partial charge in [-0.25, -0.2) is 13.1 Å². The first-order valence-corrected chi connectivity index (χ1v) is 10.0. The van der Waals surface area contributed by atoms with Gasteiger partial charge in [-0.05, 0) is 36.2 Å². The van der Waals surface area contributed by atoms with Crippen LogP contribution in [0.15, 0.2) is 54.6 Å². The van der Waals surface area contributed by atoms with E-state index in [4.69, 9.17) is 0 Å². The number of amides is 2. The lowest BCUT2D eigenvalue weighted by molar-refractivity contribution is 0.0792. The number of carbonyl (C=O) groups excluding carboxylic acids is 2. The highest BCUT2D eigenvalue weighted by atomic mass is 32.2. The third kappa shape index (κ3) is 4.29. The molecule has 1 aliphatic rings. The molecule has 0 aromatic heterocycles. The molecule has 1 N–H and O–H groups in total. The van der Waals surface area contributed by atoms with Gasteiger partial charge in [-0.2, -0.15) is 0 Å². The van der Waals surface area contributed by atoms with E-state index in [1.54, 1.807) is 4.90 Å². The number of sulfonamides is 1. The molecule has 0 saturated carbocycles. The van der Waals surface area contributed by atoms with Crippen LogP contribution in [0.2, 0.25) is 0 Å². The lowest BCUT2D eigenvalue weighted by atomic mass is 9.99. The maximum atomic E-state index is 12.6. The van der Waals surface area contributed by atoms with E-state index in [0.717, 1.165) is 6.26 Å². The SMILES string of the molecule is CS(=O)(=O)NC(=O)c1ccc(C(=O)N2C[CH]C(c3ccccc3)C2)cc1. The minimum Gasteiger partial charge on any atom is -0.338 e. The lowest BCUT2D eigenvalue weighted by Crippen LogP contribution is -2.30. The van der Waals surface area contributed by atoms with Gasteiger partial charge in [0.15, 0.2) is 0 Å². The van der Waals surface area contributed by atoms with Gasteiger partial charge < -0.3 is 4.90 Å². The number of benzene rings is 2. The van der Waals surface area contributed by atoms with Crippen molar-refractivity contribution < 1.29 is 18.0 Å². The van der Waals surface area contributed by atoms with Gasteiger partial charge in [-0.1, -0.05) is 30.3 Å². The van der Waals surface area contributed by atoms with Gasteiger partial charge in [0, 0.05) is 30.1 Å². The van der Waals surface area contributed by atoms with Gasteiger partial charge in [-0.15, -0.1) is 0 Å². The van der Waals surface area contributed by atoms with E-state index in [9.17, 15) is 18.0 Å². The molecule has 3 rings (SSSR count). The molecule has 2 aromatic carbocycles. The third-order valence-electron chi connectivity index (χ3n) is 4.21. The molecular formula is C19H19N2O4S. The van der Waals surface area contributed by atoms with Crippen molar-refractivity contribution in [3.63, 3.8) is 0 Å². The lowest BCUT2D eigenvalue weighted by Gasteiger charge is -2.17. The van der Waals surface area contributed by atoms with Crippen molar-refractivity contribution in [2.45, 2.75) is 5.92 Å². The van der Waals surface area contributed by atoms with E-state index in [-0.39, 0.29) is 17.4 Å². The van der Waals surface area contributed by atoms with E-state index in [1.165, 1.54) is 29.8 Å². The maximum absolute atomic E-state index is 12.6. The minimum atomic E-state index is -3.62. The molecule has 0 spiro atoms. The molecule has 2 amide bonds. The number of carbonyl (C=O) groups is 2. The predicted octanol–water partition coefficient (Wildman–Crippen LogP) is 1.82. The Labute approximate surface area is 152 Å². The quantitative estimate of drug-likeness (QED) is 0.889. The second kappa shape index (κ2) is 7.29. The number of nitrogens with zero attached hydrogens (tertiary/aromatic N) is 1. The van der Waals surface area contributed by atoms with Crippen LogP contribution in [0.1, 0.15) is 32.2 Å². The number of rotatable bonds is 4. The van der Waals surface area contributed by atoms with Gasteiger partial charge >= 0.3 is 0 Å². The highest BCUT2D eigenvalue weighted by Crippen LogP contribution is 2.27. The third-order valence-corrected chi connectivity index (χ3v) is 4.77. The molecule has 0 bridgehead atoms. The number of hydrogen-bond acceptors (Lipinski definition) is 4. The Bertz CT molecular complexity index is 908. The van der Waals surface area contributed by atoms with E-state index >= 15 is 0 Å². The molecule has 1 heterocycles. The van der Waals surface area contributed by atoms with Crippen LogP contribution in [0.25, 0.3) is 0 Å². The Balaban J connectivity index is 1.66. The summed E-state index contributed by atoms with van der Waals surface area (Å²) in [6, 6.07) is 16.0. The van der Waals surface area contributed by atoms with Gasteiger partial charge in [-0.3, -0.25) is 9.59 Å². The molecule has 1 fully saturated rings. The molecule has 0 aliphatic carbocycles. The van der Waals surface area contributed by atoms with Crippen LogP contribution in [0.3, 0.4) is 0 Å². The predicted molar refractivity (Wildman–Crippen MR) is 98.1 cm³/mol. The number of hydrogen-bond donors (Lipinski definition) is 1. The molecule has 1 unspecified atom stereocenters. The first-order valence-electron chi connectivity index (χ1n) is 8.13. The largest absolute Gasteiger partial charge is 0.338 e. The topological polar surface area (TPSA) is 83.5 Å². The van der Waals surface area contributed by atoms with Gasteiger partial charge in [0.25, 0.3) is 11.8 Å². The van der Waals surface area contributed by atoms with Gasteiger partial charge in [0.05, 0.1) is 6.26 Å². The van der Waals surface area contributed by atoms with Crippen molar-refractivity contribution in [1.82, 2.24) is 9.62 Å². The number of nitrogens with one attached hydrogen (secondary N) is 1. The van der Waals surface area contributed by atoms with E-state index in [2.05, 4.69) is 6.42 Å². The first kappa shape index (κ1) is 18.1. The molecular weight excluding hydrogens is 352 g/mol. The van der Waals surface area contributed by atoms with Crippen LogP contribution in [-0.4, -0.2) is 44.5 Å². The van der Waals surface area contributed by atoms with Crippen LogP contribution < -0.4 is 4.72 Å². The van der Waals surface area contributed by atoms with E-state index in [0.29, 0.717) is 18.7 Å². The Morgan fingerprint density at radius 3 is 2.23 bits per heavy atom. The van der Waals surface area contributed by atoms with Gasteiger partial charge in [0.1, 0.15) is 0 Å². The van der Waals surface area contributed by atoms with Crippen LogP contribution in [0.4, 0.5) is 0 Å². The maximum Gasteiger partial charge on any atom is 0.264 e. The Morgan fingerprint density at radius 2 is 1.62 bits per heavy atom. The summed E-state index contributed by atoms with van der Waals surface area (Å²) in [4.78, 5) is 26.2. The van der Waals surface area contributed by atoms with Crippen LogP contribution in [-0.2, 0) is 10.0 Å². The molecule has 7 heteroatoms. The van der Waals surface area contributed by atoms with E-state index < -0.39 is 15.9 Å². The molecule has 2 aromatic rings. The van der Waals surface area contributed by atoms with Crippen molar-refractivity contribution in [2.24, 2.45) is 0 Å². The Kier molecular flexibility index (Phi) is 5.08. The second-order valence-electron chi connectivity index (χ2n) is 6.24. The van der Waals surface area contributed by atoms with E-state index in [1.807, 2.05) is 35.1 Å². The Hall–Kier alpha value is -2.67. The summed E-state index contributed by atoms with van der Waals surface area (Å²) in [5.74, 6) is -0.625. The first-order chi connectivity index (χ1) is 12.3. The highest BCUT2D eigenvalue weighted by Gasteiger charge is 2.28. The molecule has 1 aliphatic heterocycles. The average Bonchev–Trinajstić information content (AvgIpc) is 3.11. The smallest absolute Gasteiger partial charge is 0.264 e. The summed E-state index contributed by atoms with van der Waals surface area (Å²) in [5, 5.41) is 0. The average molecular weight is 371 g/mol. The summed E-state index contributed by atoms with van der Waals surface area (Å²) < 4.78 is 24.1. The Morgan fingerprint density at radius 1 is 1.00 bits per heavy atom. The normalized spacial score (nSPS) is 17.1. The van der Waals surface area contributed by atoms with Gasteiger partial charge in [0.2, 0.25) is 10.0 Å². The monoisotopic (exact) mass is 371 g/mol. The van der Waals surface area contributed by atoms with Crippen molar-refractivity contribution in [2.75, 3.05) is 19.3 Å². The molecule has 1 atom stereocenters. The van der Waals surface area contributed by atoms with Crippen molar-refractivity contribution in [3.8, 4) is 0 Å². The molecule has 26 heavy (non-hydrogen) atoms. The molecule has 1 saturated heterocycles. The zero-order valence-corrected chi connectivity index (χ0v) is 15.1.